The molecule has 0 saturated carbocycles. The summed E-state index contributed by atoms with van der Waals surface area (Å²) in [6.07, 6.45) is 0. The minimum Gasteiger partial charge on any atom is -0.314 e. The summed E-state index contributed by atoms with van der Waals surface area (Å²) in [5, 5.41) is 3.32. The SMILES string of the molecule is CC(CN1CCNCC1)c1cccc(C(C)(F)F)c1. The van der Waals surface area contributed by atoms with Crippen LogP contribution in [0.15, 0.2) is 24.3 Å². The van der Waals surface area contributed by atoms with E-state index in [4.69, 9.17) is 0 Å². The Hall–Kier alpha value is -1.00. The summed E-state index contributed by atoms with van der Waals surface area (Å²) in [5.74, 6) is -2.48. The van der Waals surface area contributed by atoms with E-state index in [-0.39, 0.29) is 11.5 Å². The zero-order valence-corrected chi connectivity index (χ0v) is 11.6. The number of alkyl halides is 2. The van der Waals surface area contributed by atoms with Crippen molar-refractivity contribution in [3.63, 3.8) is 0 Å². The predicted octanol–water partition coefficient (Wildman–Crippen LogP) is 2.81. The maximum Gasteiger partial charge on any atom is 0.270 e. The second-order valence-electron chi connectivity index (χ2n) is 5.47. The second kappa shape index (κ2) is 5.97. The van der Waals surface area contributed by atoms with Gasteiger partial charge in [0.2, 0.25) is 0 Å². The molecule has 0 radical (unpaired) electrons. The van der Waals surface area contributed by atoms with Crippen LogP contribution in [0.25, 0.3) is 0 Å². The Morgan fingerprint density at radius 1 is 1.32 bits per heavy atom. The number of rotatable bonds is 4. The number of benzene rings is 1. The van der Waals surface area contributed by atoms with Gasteiger partial charge in [-0.2, -0.15) is 0 Å². The summed E-state index contributed by atoms with van der Waals surface area (Å²) >= 11 is 0. The van der Waals surface area contributed by atoms with E-state index in [9.17, 15) is 8.78 Å². The highest BCUT2D eigenvalue weighted by molar-refractivity contribution is 5.28. The molecular weight excluding hydrogens is 246 g/mol. The van der Waals surface area contributed by atoms with E-state index in [1.165, 1.54) is 6.07 Å². The summed E-state index contributed by atoms with van der Waals surface area (Å²) in [5.41, 5.74) is 1.11. The van der Waals surface area contributed by atoms with E-state index < -0.39 is 5.92 Å². The first-order valence-corrected chi connectivity index (χ1v) is 6.88. The number of hydrogen-bond acceptors (Lipinski definition) is 2. The summed E-state index contributed by atoms with van der Waals surface area (Å²) in [7, 11) is 0. The number of nitrogens with one attached hydrogen (secondary N) is 1. The Kier molecular flexibility index (Phi) is 4.53. The lowest BCUT2D eigenvalue weighted by Crippen LogP contribution is -2.44. The van der Waals surface area contributed by atoms with Gasteiger partial charge in [-0.3, -0.25) is 0 Å². The van der Waals surface area contributed by atoms with E-state index in [0.29, 0.717) is 0 Å². The van der Waals surface area contributed by atoms with Crippen molar-refractivity contribution in [3.05, 3.63) is 35.4 Å². The fourth-order valence-electron chi connectivity index (χ4n) is 2.50. The highest BCUT2D eigenvalue weighted by Gasteiger charge is 2.25. The monoisotopic (exact) mass is 268 g/mol. The van der Waals surface area contributed by atoms with Crippen LogP contribution in [-0.4, -0.2) is 37.6 Å². The molecule has 19 heavy (non-hydrogen) atoms. The molecule has 2 nitrogen and oxygen atoms in total. The molecule has 0 amide bonds. The van der Waals surface area contributed by atoms with E-state index in [1.807, 2.05) is 6.07 Å². The second-order valence-corrected chi connectivity index (χ2v) is 5.47. The van der Waals surface area contributed by atoms with E-state index in [1.54, 1.807) is 12.1 Å². The van der Waals surface area contributed by atoms with Gasteiger partial charge < -0.3 is 10.2 Å². The Morgan fingerprint density at radius 3 is 2.63 bits per heavy atom. The molecule has 106 valence electrons. The Morgan fingerprint density at radius 2 is 2.00 bits per heavy atom. The molecule has 1 N–H and O–H groups in total. The largest absolute Gasteiger partial charge is 0.314 e. The summed E-state index contributed by atoms with van der Waals surface area (Å²) < 4.78 is 26.7. The minimum atomic E-state index is -2.76. The van der Waals surface area contributed by atoms with Gasteiger partial charge in [0.1, 0.15) is 0 Å². The van der Waals surface area contributed by atoms with Crippen LogP contribution in [0, 0.1) is 0 Å². The molecule has 1 aromatic rings. The van der Waals surface area contributed by atoms with Crippen LogP contribution in [0.4, 0.5) is 8.78 Å². The smallest absolute Gasteiger partial charge is 0.270 e. The first-order chi connectivity index (χ1) is 8.97. The van der Waals surface area contributed by atoms with Crippen molar-refractivity contribution in [2.45, 2.75) is 25.7 Å². The first-order valence-electron chi connectivity index (χ1n) is 6.88. The average Bonchev–Trinajstić information content (AvgIpc) is 2.39. The normalized spacial score (nSPS) is 19.4. The molecule has 1 aliphatic heterocycles. The van der Waals surface area contributed by atoms with Crippen LogP contribution in [0.1, 0.15) is 30.9 Å². The molecule has 1 saturated heterocycles. The molecule has 1 unspecified atom stereocenters. The van der Waals surface area contributed by atoms with Gasteiger partial charge in [0.25, 0.3) is 5.92 Å². The lowest BCUT2D eigenvalue weighted by Gasteiger charge is -2.30. The van der Waals surface area contributed by atoms with Crippen molar-refractivity contribution >= 4 is 0 Å². The molecule has 0 spiro atoms. The van der Waals surface area contributed by atoms with Gasteiger partial charge in [-0.25, -0.2) is 8.78 Å². The van der Waals surface area contributed by atoms with Crippen LogP contribution < -0.4 is 5.32 Å². The average molecular weight is 268 g/mol. The third-order valence-electron chi connectivity index (χ3n) is 3.70. The molecule has 1 fully saturated rings. The quantitative estimate of drug-likeness (QED) is 0.903. The van der Waals surface area contributed by atoms with Crippen LogP contribution in [0.2, 0.25) is 0 Å². The molecule has 4 heteroatoms. The topological polar surface area (TPSA) is 15.3 Å². The third-order valence-corrected chi connectivity index (χ3v) is 3.70. The summed E-state index contributed by atoms with van der Waals surface area (Å²) in [6.45, 7) is 8.09. The molecule has 2 rings (SSSR count). The summed E-state index contributed by atoms with van der Waals surface area (Å²) in [6, 6.07) is 6.83. The standard InChI is InChI=1S/C15H22F2N2/c1-12(11-19-8-6-18-7-9-19)13-4-3-5-14(10-13)15(2,16)17/h3-5,10,12,18H,6-9,11H2,1-2H3. The number of halogens is 2. The molecule has 0 aromatic heterocycles. The molecule has 1 heterocycles. The van der Waals surface area contributed by atoms with Gasteiger partial charge >= 0.3 is 0 Å². The van der Waals surface area contributed by atoms with Crippen molar-refractivity contribution in [1.29, 1.82) is 0 Å². The Labute approximate surface area is 113 Å². The zero-order valence-electron chi connectivity index (χ0n) is 11.6. The van der Waals surface area contributed by atoms with Crippen LogP contribution in [-0.2, 0) is 5.92 Å². The number of nitrogens with zero attached hydrogens (tertiary/aromatic N) is 1. The maximum absolute atomic E-state index is 13.3. The van der Waals surface area contributed by atoms with Gasteiger partial charge in [0, 0.05) is 45.2 Å². The van der Waals surface area contributed by atoms with Crippen molar-refractivity contribution in [2.24, 2.45) is 0 Å². The van der Waals surface area contributed by atoms with Gasteiger partial charge in [0.05, 0.1) is 0 Å². The molecule has 1 aliphatic rings. The van der Waals surface area contributed by atoms with Gasteiger partial charge in [-0.05, 0) is 17.5 Å². The van der Waals surface area contributed by atoms with Crippen molar-refractivity contribution in [1.82, 2.24) is 10.2 Å². The van der Waals surface area contributed by atoms with Gasteiger partial charge in [-0.15, -0.1) is 0 Å². The van der Waals surface area contributed by atoms with Gasteiger partial charge in [0.15, 0.2) is 0 Å². The lowest BCUT2D eigenvalue weighted by atomic mass is 9.96. The van der Waals surface area contributed by atoms with E-state index >= 15 is 0 Å². The maximum atomic E-state index is 13.3. The molecular formula is C15H22F2N2. The number of hydrogen-bond donors (Lipinski definition) is 1. The fraction of sp³-hybridized carbons (Fsp3) is 0.600. The van der Waals surface area contributed by atoms with Crippen molar-refractivity contribution in [3.8, 4) is 0 Å². The van der Waals surface area contributed by atoms with Crippen molar-refractivity contribution in [2.75, 3.05) is 32.7 Å². The Bertz CT molecular complexity index is 409. The van der Waals surface area contributed by atoms with Crippen LogP contribution in [0.5, 0.6) is 0 Å². The molecule has 0 bridgehead atoms. The predicted molar refractivity (Wildman–Crippen MR) is 73.7 cm³/mol. The highest BCUT2D eigenvalue weighted by atomic mass is 19.3. The van der Waals surface area contributed by atoms with Gasteiger partial charge in [-0.1, -0.05) is 25.1 Å². The number of piperazine rings is 1. The molecule has 1 aromatic carbocycles. The fourth-order valence-corrected chi connectivity index (χ4v) is 2.50. The molecule has 0 aliphatic carbocycles. The minimum absolute atomic E-state index is 0.108. The molecule has 1 atom stereocenters. The lowest BCUT2D eigenvalue weighted by molar-refractivity contribution is 0.0173. The summed E-state index contributed by atoms with van der Waals surface area (Å²) in [4.78, 5) is 2.39. The van der Waals surface area contributed by atoms with Crippen LogP contribution >= 0.6 is 0 Å². The Balaban J connectivity index is 2.04. The van der Waals surface area contributed by atoms with E-state index in [0.717, 1.165) is 45.2 Å². The third kappa shape index (κ3) is 3.98. The van der Waals surface area contributed by atoms with E-state index in [2.05, 4.69) is 17.1 Å². The van der Waals surface area contributed by atoms with Crippen molar-refractivity contribution < 1.29 is 8.78 Å². The first kappa shape index (κ1) is 14.4. The van der Waals surface area contributed by atoms with Crippen LogP contribution in [0.3, 0.4) is 0 Å². The highest BCUT2D eigenvalue weighted by Crippen LogP contribution is 2.29. The zero-order chi connectivity index (χ0) is 13.9.